The van der Waals surface area contributed by atoms with E-state index in [0.29, 0.717) is 28.7 Å². The topological polar surface area (TPSA) is 69.3 Å². The largest absolute Gasteiger partial charge is 0.490 e. The molecule has 0 aliphatic carbocycles. The quantitative estimate of drug-likeness (QED) is 0.754. The highest BCUT2D eigenvalue weighted by Crippen LogP contribution is 2.48. The second-order valence-electron chi connectivity index (χ2n) is 7.78. The summed E-state index contributed by atoms with van der Waals surface area (Å²) >= 11 is 6.05. The number of hydrogen-bond acceptors (Lipinski definition) is 6. The van der Waals surface area contributed by atoms with Gasteiger partial charge in [-0.2, -0.15) is 0 Å². The van der Waals surface area contributed by atoms with Crippen LogP contribution in [0, 0.1) is 5.82 Å². The highest BCUT2D eigenvalue weighted by Gasteiger charge is 2.48. The molecule has 3 atom stereocenters. The van der Waals surface area contributed by atoms with Gasteiger partial charge in [0.25, 0.3) is 0 Å². The molecule has 1 spiro atoms. The van der Waals surface area contributed by atoms with Crippen LogP contribution in [-0.2, 0) is 15.3 Å². The van der Waals surface area contributed by atoms with Gasteiger partial charge in [0.05, 0.1) is 11.7 Å². The molecule has 0 bridgehead atoms. The van der Waals surface area contributed by atoms with Crippen LogP contribution in [0.5, 0.6) is 5.75 Å². The maximum atomic E-state index is 13.9. The predicted octanol–water partition coefficient (Wildman–Crippen LogP) is 4.46. The number of guanidine groups is 1. The Morgan fingerprint density at radius 1 is 1.33 bits per heavy atom. The van der Waals surface area contributed by atoms with E-state index < -0.39 is 11.5 Å². The summed E-state index contributed by atoms with van der Waals surface area (Å²) in [6.45, 7) is 2.03. The van der Waals surface area contributed by atoms with Crippen LogP contribution in [0.4, 0.5) is 4.39 Å². The van der Waals surface area contributed by atoms with Crippen molar-refractivity contribution in [2.45, 2.75) is 44.1 Å². The van der Waals surface area contributed by atoms with E-state index in [1.54, 1.807) is 20.2 Å². The van der Waals surface area contributed by atoms with Crippen LogP contribution < -0.4 is 10.5 Å². The van der Waals surface area contributed by atoms with E-state index in [1.807, 2.05) is 25.1 Å². The Bertz CT molecular complexity index is 966. The number of rotatable bonds is 5. The molecule has 2 aliphatic heterocycles. The molecule has 2 aromatic rings. The van der Waals surface area contributed by atoms with Crippen LogP contribution >= 0.6 is 11.6 Å². The maximum Gasteiger partial charge on any atom is 0.221 e. The van der Waals surface area contributed by atoms with Crippen LogP contribution in [0.1, 0.15) is 31.7 Å². The lowest BCUT2D eigenvalue weighted by Gasteiger charge is -2.37. The number of halogens is 2. The summed E-state index contributed by atoms with van der Waals surface area (Å²) in [6.07, 6.45) is 2.18. The van der Waals surface area contributed by atoms with E-state index in [4.69, 9.17) is 31.6 Å². The molecule has 0 fully saturated rings. The Labute approximate surface area is 180 Å². The number of nitrogens with zero attached hydrogens (tertiary/aromatic N) is 2. The molecule has 8 heteroatoms. The monoisotopic (exact) mass is 433 g/mol. The van der Waals surface area contributed by atoms with E-state index in [-0.39, 0.29) is 12.2 Å². The van der Waals surface area contributed by atoms with Crippen LogP contribution in [0.3, 0.4) is 0 Å². The molecule has 2 aromatic carbocycles. The van der Waals surface area contributed by atoms with Gasteiger partial charge in [0.2, 0.25) is 11.7 Å². The molecule has 2 heterocycles. The van der Waals surface area contributed by atoms with Gasteiger partial charge in [-0.15, -0.1) is 0 Å². The lowest BCUT2D eigenvalue weighted by Crippen LogP contribution is -2.39. The molecular formula is C22H25ClFN3O3. The molecule has 0 saturated carbocycles. The minimum Gasteiger partial charge on any atom is -0.490 e. The first-order chi connectivity index (χ1) is 14.3. The number of hydroxylamine groups is 2. The first kappa shape index (κ1) is 20.9. The molecule has 2 aliphatic rings. The van der Waals surface area contributed by atoms with Crippen molar-refractivity contribution in [2.24, 2.45) is 10.7 Å². The molecule has 160 valence electrons. The average molecular weight is 434 g/mol. The van der Waals surface area contributed by atoms with Crippen LogP contribution in [-0.4, -0.2) is 37.4 Å². The van der Waals surface area contributed by atoms with Crippen LogP contribution in [0.15, 0.2) is 41.4 Å². The molecule has 0 saturated heterocycles. The number of benzene rings is 2. The third-order valence-corrected chi connectivity index (χ3v) is 5.82. The van der Waals surface area contributed by atoms with Gasteiger partial charge in [-0.1, -0.05) is 17.7 Å². The summed E-state index contributed by atoms with van der Waals surface area (Å²) in [5.74, 6) is 0.577. The summed E-state index contributed by atoms with van der Waals surface area (Å²) < 4.78 is 25.5. The summed E-state index contributed by atoms with van der Waals surface area (Å²) in [5.41, 5.74) is 7.26. The van der Waals surface area contributed by atoms with Gasteiger partial charge in [-0.3, -0.25) is 0 Å². The third kappa shape index (κ3) is 3.97. The maximum absolute atomic E-state index is 13.9. The minimum atomic E-state index is -0.986. The molecule has 2 N–H and O–H groups in total. The predicted molar refractivity (Wildman–Crippen MR) is 114 cm³/mol. The van der Waals surface area contributed by atoms with E-state index >= 15 is 0 Å². The van der Waals surface area contributed by atoms with Crippen molar-refractivity contribution in [1.82, 2.24) is 5.06 Å². The summed E-state index contributed by atoms with van der Waals surface area (Å²) in [4.78, 5) is 10.8. The van der Waals surface area contributed by atoms with Gasteiger partial charge < -0.3 is 15.2 Å². The fourth-order valence-corrected chi connectivity index (χ4v) is 4.14. The normalized spacial score (nSPS) is 23.8. The Hall–Kier alpha value is -2.35. The molecule has 6 nitrogen and oxygen atoms in total. The standard InChI is InChI=1S/C22H25ClFN3O3/c1-13(28-3)4-6-18-12-22(26-21(25)27(2)30-22)19-10-14(5-7-20(19)29-18)15-8-16(23)11-17(24)9-15/h5,7-11,13,18H,4,6,12H2,1-3H3,(H2,25,26)/t13?,18?,22-/m1/s1. The number of hydrogen-bond donors (Lipinski definition) is 1. The molecule has 4 rings (SSSR count). The first-order valence-corrected chi connectivity index (χ1v) is 10.3. The highest BCUT2D eigenvalue weighted by atomic mass is 35.5. The molecule has 30 heavy (non-hydrogen) atoms. The van der Waals surface area contributed by atoms with Gasteiger partial charge in [-0.05, 0) is 61.2 Å². The number of methoxy groups -OCH3 is 1. The van der Waals surface area contributed by atoms with E-state index in [2.05, 4.69) is 4.99 Å². The fourth-order valence-electron chi connectivity index (χ4n) is 3.92. The van der Waals surface area contributed by atoms with E-state index in [0.717, 1.165) is 24.0 Å². The minimum absolute atomic E-state index is 0.104. The Morgan fingerprint density at radius 3 is 2.80 bits per heavy atom. The summed E-state index contributed by atoms with van der Waals surface area (Å²) in [7, 11) is 3.42. The van der Waals surface area contributed by atoms with Gasteiger partial charge in [-0.25, -0.2) is 19.3 Å². The average Bonchev–Trinajstić information content (AvgIpc) is 2.98. The van der Waals surface area contributed by atoms with Crippen molar-refractivity contribution in [1.29, 1.82) is 0 Å². The fraction of sp³-hybridized carbons (Fsp3) is 0.409. The van der Waals surface area contributed by atoms with Gasteiger partial charge in [0, 0.05) is 25.6 Å². The number of nitrogens with two attached hydrogens (primary N) is 1. The van der Waals surface area contributed by atoms with Gasteiger partial charge >= 0.3 is 0 Å². The van der Waals surface area contributed by atoms with Crippen molar-refractivity contribution in [2.75, 3.05) is 14.2 Å². The molecule has 0 radical (unpaired) electrons. The van der Waals surface area contributed by atoms with Crippen molar-refractivity contribution in [3.63, 3.8) is 0 Å². The zero-order valence-electron chi connectivity index (χ0n) is 17.2. The molecule has 2 unspecified atom stereocenters. The number of aliphatic imine (C=N–C) groups is 1. The van der Waals surface area contributed by atoms with E-state index in [1.165, 1.54) is 17.2 Å². The third-order valence-electron chi connectivity index (χ3n) is 5.60. The molecular weight excluding hydrogens is 409 g/mol. The Kier molecular flexibility index (Phi) is 5.61. The van der Waals surface area contributed by atoms with Crippen molar-refractivity contribution in [3.8, 4) is 16.9 Å². The summed E-state index contributed by atoms with van der Waals surface area (Å²) in [6, 6.07) is 10.1. The lowest BCUT2D eigenvalue weighted by atomic mass is 9.88. The number of fused-ring (bicyclic) bond motifs is 2. The highest BCUT2D eigenvalue weighted by molar-refractivity contribution is 6.30. The second kappa shape index (κ2) is 8.06. The zero-order chi connectivity index (χ0) is 21.5. The van der Waals surface area contributed by atoms with Crippen molar-refractivity contribution >= 4 is 17.6 Å². The summed E-state index contributed by atoms with van der Waals surface area (Å²) in [5, 5.41) is 1.80. The lowest BCUT2D eigenvalue weighted by molar-refractivity contribution is -0.191. The van der Waals surface area contributed by atoms with Crippen molar-refractivity contribution < 1.29 is 18.7 Å². The number of ether oxygens (including phenoxy) is 2. The first-order valence-electron chi connectivity index (χ1n) is 9.88. The van der Waals surface area contributed by atoms with E-state index in [9.17, 15) is 4.39 Å². The Balaban J connectivity index is 1.73. The van der Waals surface area contributed by atoms with Crippen LogP contribution in [0.25, 0.3) is 11.1 Å². The van der Waals surface area contributed by atoms with Crippen molar-refractivity contribution in [3.05, 3.63) is 52.8 Å². The molecule has 0 amide bonds. The Morgan fingerprint density at radius 2 is 2.13 bits per heavy atom. The zero-order valence-corrected chi connectivity index (χ0v) is 17.9. The smallest absolute Gasteiger partial charge is 0.221 e. The van der Waals surface area contributed by atoms with Gasteiger partial charge in [0.1, 0.15) is 17.7 Å². The molecule has 0 aromatic heterocycles. The SMILES string of the molecule is COC(C)CCC1C[C@]2(N=C(N)N(C)O2)c2cc(-c3cc(F)cc(Cl)c3)ccc2O1. The van der Waals surface area contributed by atoms with Gasteiger partial charge in [0.15, 0.2) is 0 Å². The second-order valence-corrected chi connectivity index (χ2v) is 8.22. The van der Waals surface area contributed by atoms with Crippen LogP contribution in [0.2, 0.25) is 5.02 Å².